The highest BCUT2D eigenvalue weighted by atomic mass is 79.9. The van der Waals surface area contributed by atoms with Crippen LogP contribution in [0, 0.1) is 0 Å². The molecular weight excluding hydrogens is 312 g/mol. The number of hydrogen-bond donors (Lipinski definition) is 1. The summed E-state index contributed by atoms with van der Waals surface area (Å²) in [5, 5.41) is 5.72. The van der Waals surface area contributed by atoms with E-state index in [-0.39, 0.29) is 10.3 Å². The lowest BCUT2D eigenvalue weighted by molar-refractivity contribution is 0.520. The third-order valence-electron chi connectivity index (χ3n) is 3.20. The summed E-state index contributed by atoms with van der Waals surface area (Å²) >= 11 is 4.93. The van der Waals surface area contributed by atoms with Crippen LogP contribution in [0.3, 0.4) is 0 Å². The number of nitrogens with zero attached hydrogens (tertiary/aromatic N) is 1. The highest BCUT2D eigenvalue weighted by Gasteiger charge is 2.24. The summed E-state index contributed by atoms with van der Waals surface area (Å²) in [7, 11) is 1.76. The quantitative estimate of drug-likeness (QED) is 0.840. The first-order valence-corrected chi connectivity index (χ1v) is 7.72. The van der Waals surface area contributed by atoms with Gasteiger partial charge in [-0.1, -0.05) is 18.9 Å². The van der Waals surface area contributed by atoms with Crippen LogP contribution in [0.1, 0.15) is 45.1 Å². The van der Waals surface area contributed by atoms with Gasteiger partial charge >= 0.3 is 0 Å². The van der Waals surface area contributed by atoms with Crippen LogP contribution in [-0.4, -0.2) is 9.31 Å². The Morgan fingerprint density at radius 1 is 1.56 bits per heavy atom. The van der Waals surface area contributed by atoms with E-state index < -0.39 is 0 Å². The van der Waals surface area contributed by atoms with Crippen LogP contribution < -0.4 is 10.7 Å². The fraction of sp³-hybridized carbons (Fsp3) is 0.615. The monoisotopic (exact) mass is 332 g/mol. The molecule has 3 nitrogen and oxygen atoms in total. The molecule has 0 saturated heterocycles. The van der Waals surface area contributed by atoms with Gasteiger partial charge in [0.2, 0.25) is 0 Å². The second kappa shape index (κ2) is 6.26. The topological polar surface area (TPSA) is 48.0 Å². The van der Waals surface area contributed by atoms with E-state index in [2.05, 4.69) is 36.7 Å². The number of rotatable bonds is 5. The number of halogens is 1. The van der Waals surface area contributed by atoms with Gasteiger partial charge in [0.25, 0.3) is 5.56 Å². The maximum atomic E-state index is 11.8. The Labute approximate surface area is 121 Å². The fourth-order valence-corrected chi connectivity index (χ4v) is 3.08. The van der Waals surface area contributed by atoms with E-state index in [9.17, 15) is 4.79 Å². The van der Waals surface area contributed by atoms with Gasteiger partial charge in [-0.15, -0.1) is 0 Å². The lowest BCUT2D eigenvalue weighted by atomic mass is 9.88. The molecule has 0 bridgehead atoms. The summed E-state index contributed by atoms with van der Waals surface area (Å²) in [4.78, 5) is 11.8. The highest BCUT2D eigenvalue weighted by molar-refractivity contribution is 9.10. The molecule has 1 aromatic rings. The van der Waals surface area contributed by atoms with Gasteiger partial charge in [0.15, 0.2) is 0 Å². The first-order chi connectivity index (χ1) is 8.30. The van der Waals surface area contributed by atoms with Crippen LogP contribution in [0.15, 0.2) is 21.5 Å². The van der Waals surface area contributed by atoms with Gasteiger partial charge in [-0.2, -0.15) is 0 Å². The van der Waals surface area contributed by atoms with E-state index >= 15 is 0 Å². The van der Waals surface area contributed by atoms with Gasteiger partial charge < -0.3 is 4.57 Å². The SMILES string of the molecule is CC[C@@H](CC(C)(C)SN)c1cc(=O)n(C)cc1Br. The van der Waals surface area contributed by atoms with Crippen molar-refractivity contribution in [2.24, 2.45) is 12.2 Å². The number of nitrogens with two attached hydrogens (primary N) is 1. The lowest BCUT2D eigenvalue weighted by Crippen LogP contribution is -2.23. The molecule has 1 atom stereocenters. The van der Waals surface area contributed by atoms with Gasteiger partial charge in [-0.05, 0) is 54.1 Å². The Hall–Kier alpha value is -0.260. The number of pyridine rings is 1. The zero-order valence-corrected chi connectivity index (χ0v) is 13.8. The summed E-state index contributed by atoms with van der Waals surface area (Å²) in [5.41, 5.74) is 1.12. The molecule has 0 unspecified atom stereocenters. The predicted molar refractivity (Wildman–Crippen MR) is 82.9 cm³/mol. The van der Waals surface area contributed by atoms with Crippen molar-refractivity contribution in [2.75, 3.05) is 0 Å². The zero-order chi connectivity index (χ0) is 13.9. The molecule has 0 aliphatic rings. The zero-order valence-electron chi connectivity index (χ0n) is 11.4. The van der Waals surface area contributed by atoms with E-state index in [1.165, 1.54) is 11.9 Å². The summed E-state index contributed by atoms with van der Waals surface area (Å²) in [5.74, 6) is 0.347. The maximum absolute atomic E-state index is 11.8. The molecule has 1 aromatic heterocycles. The Morgan fingerprint density at radius 2 is 2.17 bits per heavy atom. The van der Waals surface area contributed by atoms with Crippen molar-refractivity contribution >= 4 is 27.9 Å². The molecule has 2 N–H and O–H groups in total. The van der Waals surface area contributed by atoms with E-state index in [0.717, 1.165) is 22.9 Å². The minimum atomic E-state index is 0.0151. The summed E-state index contributed by atoms with van der Waals surface area (Å²) in [6.07, 6.45) is 3.79. The number of aromatic nitrogens is 1. The fourth-order valence-electron chi connectivity index (χ4n) is 2.04. The average molecular weight is 333 g/mol. The van der Waals surface area contributed by atoms with Crippen LogP contribution in [0.4, 0.5) is 0 Å². The summed E-state index contributed by atoms with van der Waals surface area (Å²) < 4.78 is 2.60. The molecule has 0 aromatic carbocycles. The van der Waals surface area contributed by atoms with Crippen molar-refractivity contribution in [3.05, 3.63) is 32.7 Å². The van der Waals surface area contributed by atoms with Crippen LogP contribution >= 0.6 is 27.9 Å². The normalized spacial score (nSPS) is 13.7. The molecule has 0 spiro atoms. The Kier molecular flexibility index (Phi) is 5.49. The van der Waals surface area contributed by atoms with Crippen molar-refractivity contribution in [1.82, 2.24) is 4.57 Å². The highest BCUT2D eigenvalue weighted by Crippen LogP contribution is 2.36. The molecular formula is C13H21BrN2OS. The van der Waals surface area contributed by atoms with E-state index in [1.54, 1.807) is 17.7 Å². The molecule has 0 saturated carbocycles. The molecule has 102 valence electrons. The Morgan fingerprint density at radius 3 is 2.67 bits per heavy atom. The van der Waals surface area contributed by atoms with E-state index in [0.29, 0.717) is 5.92 Å². The van der Waals surface area contributed by atoms with Crippen molar-refractivity contribution in [2.45, 2.75) is 44.3 Å². The van der Waals surface area contributed by atoms with Gasteiger partial charge in [0, 0.05) is 28.5 Å². The third-order valence-corrected chi connectivity index (χ3v) is 4.67. The minimum Gasteiger partial charge on any atom is -0.317 e. The second-order valence-electron chi connectivity index (χ2n) is 5.21. The van der Waals surface area contributed by atoms with Crippen molar-refractivity contribution < 1.29 is 0 Å². The summed E-state index contributed by atoms with van der Waals surface area (Å²) in [6.45, 7) is 6.41. The average Bonchev–Trinajstić information content (AvgIpc) is 2.31. The first-order valence-electron chi connectivity index (χ1n) is 6.04. The first kappa shape index (κ1) is 15.8. The number of aryl methyl sites for hydroxylation is 1. The van der Waals surface area contributed by atoms with Crippen LogP contribution in [0.5, 0.6) is 0 Å². The standard InChI is InChI=1S/C13H21BrN2OS/c1-5-9(7-13(2,3)18-15)10-6-12(17)16(4)8-11(10)14/h6,8-9H,5,7,15H2,1-4H3/t9-/m0/s1. The molecule has 1 heterocycles. The molecule has 0 aliphatic carbocycles. The molecule has 18 heavy (non-hydrogen) atoms. The molecule has 1 rings (SSSR count). The van der Waals surface area contributed by atoms with Crippen LogP contribution in [-0.2, 0) is 7.05 Å². The molecule has 0 radical (unpaired) electrons. The molecule has 0 amide bonds. The predicted octanol–water partition coefficient (Wildman–Crippen LogP) is 3.42. The minimum absolute atomic E-state index is 0.0151. The third kappa shape index (κ3) is 3.87. The van der Waals surface area contributed by atoms with Crippen LogP contribution in [0.25, 0.3) is 0 Å². The number of hydrogen-bond acceptors (Lipinski definition) is 3. The van der Waals surface area contributed by atoms with Gasteiger partial charge in [0.1, 0.15) is 0 Å². The summed E-state index contributed by atoms with van der Waals surface area (Å²) in [6, 6.07) is 1.73. The van der Waals surface area contributed by atoms with Gasteiger partial charge in [-0.25, -0.2) is 0 Å². The largest absolute Gasteiger partial charge is 0.317 e. The lowest BCUT2D eigenvalue weighted by Gasteiger charge is -2.27. The Balaban J connectivity index is 3.10. The maximum Gasteiger partial charge on any atom is 0.250 e. The molecule has 5 heteroatoms. The Bertz CT molecular complexity index is 471. The molecule has 0 aliphatic heterocycles. The molecule has 0 fully saturated rings. The van der Waals surface area contributed by atoms with Gasteiger partial charge in [-0.3, -0.25) is 9.93 Å². The van der Waals surface area contributed by atoms with Crippen molar-refractivity contribution in [3.8, 4) is 0 Å². The van der Waals surface area contributed by atoms with Crippen molar-refractivity contribution in [1.29, 1.82) is 0 Å². The van der Waals surface area contributed by atoms with E-state index in [4.69, 9.17) is 5.14 Å². The van der Waals surface area contributed by atoms with Gasteiger partial charge in [0.05, 0.1) is 0 Å². The van der Waals surface area contributed by atoms with Crippen LogP contribution in [0.2, 0.25) is 0 Å². The van der Waals surface area contributed by atoms with Crippen molar-refractivity contribution in [3.63, 3.8) is 0 Å². The van der Waals surface area contributed by atoms with E-state index in [1.807, 2.05) is 6.20 Å². The smallest absolute Gasteiger partial charge is 0.250 e. The second-order valence-corrected chi connectivity index (χ2v) is 7.41.